The van der Waals surface area contributed by atoms with Crippen LogP contribution in [0.2, 0.25) is 0 Å². The molecule has 0 unspecified atom stereocenters. The molecule has 0 spiro atoms. The molecule has 108 valence electrons. The molecule has 0 atom stereocenters. The van der Waals surface area contributed by atoms with Crippen LogP contribution in [0.4, 0.5) is 13.2 Å². The van der Waals surface area contributed by atoms with E-state index in [1.807, 2.05) is 32.9 Å². The summed E-state index contributed by atoms with van der Waals surface area (Å²) in [5.41, 5.74) is 2.85. The normalized spacial score (nSPS) is 11.7. The van der Waals surface area contributed by atoms with E-state index in [0.717, 1.165) is 29.8 Å². The van der Waals surface area contributed by atoms with Crippen molar-refractivity contribution in [3.63, 3.8) is 0 Å². The Hall–Kier alpha value is -1.23. The van der Waals surface area contributed by atoms with Gasteiger partial charge in [0.2, 0.25) is 0 Å². The van der Waals surface area contributed by atoms with Crippen LogP contribution in [0.5, 0.6) is 5.75 Å². The summed E-state index contributed by atoms with van der Waals surface area (Å²) in [6, 6.07) is 3.89. The Morgan fingerprint density at radius 1 is 1.16 bits per heavy atom. The Balaban J connectivity index is 2.69. The highest BCUT2D eigenvalue weighted by molar-refractivity contribution is 5.43. The zero-order valence-electron chi connectivity index (χ0n) is 11.5. The van der Waals surface area contributed by atoms with Gasteiger partial charge >= 0.3 is 6.18 Å². The molecular formula is C14H20F3NO. The van der Waals surface area contributed by atoms with Gasteiger partial charge in [0.25, 0.3) is 0 Å². The molecule has 0 saturated heterocycles. The average molecular weight is 275 g/mol. The first kappa shape index (κ1) is 15.8. The van der Waals surface area contributed by atoms with Crippen LogP contribution in [0.25, 0.3) is 0 Å². The van der Waals surface area contributed by atoms with Gasteiger partial charge in [-0.3, -0.25) is 0 Å². The van der Waals surface area contributed by atoms with Crippen LogP contribution in [-0.4, -0.2) is 19.3 Å². The Morgan fingerprint density at radius 2 is 1.74 bits per heavy atom. The number of nitrogens with one attached hydrogen (secondary N) is 1. The van der Waals surface area contributed by atoms with Gasteiger partial charge in [-0.05, 0) is 37.1 Å². The average Bonchev–Trinajstić information content (AvgIpc) is 2.28. The smallest absolute Gasteiger partial charge is 0.392 e. The van der Waals surface area contributed by atoms with E-state index in [2.05, 4.69) is 5.32 Å². The third-order valence-corrected chi connectivity index (χ3v) is 2.73. The lowest BCUT2D eigenvalue weighted by Gasteiger charge is -2.15. The van der Waals surface area contributed by atoms with E-state index in [4.69, 9.17) is 4.74 Å². The van der Waals surface area contributed by atoms with Crippen molar-refractivity contribution in [2.75, 3.05) is 13.2 Å². The van der Waals surface area contributed by atoms with Crippen molar-refractivity contribution in [3.05, 3.63) is 28.8 Å². The van der Waals surface area contributed by atoms with Crippen molar-refractivity contribution in [2.24, 2.45) is 0 Å². The summed E-state index contributed by atoms with van der Waals surface area (Å²) in [6.45, 7) is 7.02. The molecule has 0 bridgehead atoms. The Labute approximate surface area is 112 Å². The predicted molar refractivity (Wildman–Crippen MR) is 69.5 cm³/mol. The Morgan fingerprint density at radius 3 is 2.21 bits per heavy atom. The van der Waals surface area contributed by atoms with Crippen LogP contribution in [0.15, 0.2) is 12.1 Å². The van der Waals surface area contributed by atoms with Crippen LogP contribution in [-0.2, 0) is 6.54 Å². The fraction of sp³-hybridized carbons (Fsp3) is 0.571. The summed E-state index contributed by atoms with van der Waals surface area (Å²) in [5.74, 6) is 0.560. The molecule has 0 aromatic heterocycles. The van der Waals surface area contributed by atoms with Gasteiger partial charge in [-0.2, -0.15) is 13.2 Å². The van der Waals surface area contributed by atoms with Gasteiger partial charge < -0.3 is 10.1 Å². The molecule has 1 aromatic rings. The molecule has 0 fully saturated rings. The summed E-state index contributed by atoms with van der Waals surface area (Å²) in [5, 5.41) is 3.21. The molecule has 0 saturated carbocycles. The molecule has 5 heteroatoms. The third-order valence-electron chi connectivity index (χ3n) is 2.73. The van der Waals surface area contributed by atoms with E-state index in [0.29, 0.717) is 5.75 Å². The van der Waals surface area contributed by atoms with Gasteiger partial charge in [-0.25, -0.2) is 0 Å². The maximum Gasteiger partial charge on any atom is 0.392 e. The van der Waals surface area contributed by atoms with Crippen molar-refractivity contribution >= 4 is 0 Å². The second kappa shape index (κ2) is 6.80. The fourth-order valence-corrected chi connectivity index (χ4v) is 1.91. The summed E-state index contributed by atoms with van der Waals surface area (Å²) >= 11 is 0. The standard InChI is InChI=1S/C14H20F3NO/c1-4-18-9-12-7-10(2)13(11(3)8-12)19-6-5-14(15,16)17/h7-8,18H,4-6,9H2,1-3H3. The van der Waals surface area contributed by atoms with Gasteiger partial charge in [-0.15, -0.1) is 0 Å². The second-order valence-electron chi connectivity index (χ2n) is 4.55. The molecule has 0 aliphatic rings. The van der Waals surface area contributed by atoms with Crippen molar-refractivity contribution in [2.45, 2.75) is 39.9 Å². The number of ether oxygens (including phenoxy) is 1. The topological polar surface area (TPSA) is 21.3 Å². The molecule has 19 heavy (non-hydrogen) atoms. The van der Waals surface area contributed by atoms with Crippen LogP contribution in [0.1, 0.15) is 30.0 Å². The molecule has 0 heterocycles. The molecule has 0 aliphatic heterocycles. The molecular weight excluding hydrogens is 255 g/mol. The highest BCUT2D eigenvalue weighted by atomic mass is 19.4. The third kappa shape index (κ3) is 5.51. The molecule has 1 aromatic carbocycles. The number of hydrogen-bond acceptors (Lipinski definition) is 2. The highest BCUT2D eigenvalue weighted by Crippen LogP contribution is 2.26. The first-order chi connectivity index (χ1) is 8.83. The zero-order valence-corrected chi connectivity index (χ0v) is 11.5. The van der Waals surface area contributed by atoms with E-state index in [-0.39, 0.29) is 6.61 Å². The highest BCUT2D eigenvalue weighted by Gasteiger charge is 2.27. The zero-order chi connectivity index (χ0) is 14.5. The monoisotopic (exact) mass is 275 g/mol. The summed E-state index contributed by atoms with van der Waals surface area (Å²) in [7, 11) is 0. The first-order valence-corrected chi connectivity index (χ1v) is 6.34. The number of aryl methyl sites for hydroxylation is 2. The minimum absolute atomic E-state index is 0.336. The van der Waals surface area contributed by atoms with Crippen molar-refractivity contribution in [1.29, 1.82) is 0 Å². The van der Waals surface area contributed by atoms with Gasteiger partial charge in [0.15, 0.2) is 0 Å². The van der Waals surface area contributed by atoms with Crippen LogP contribution in [0.3, 0.4) is 0 Å². The maximum atomic E-state index is 12.1. The molecule has 0 aliphatic carbocycles. The van der Waals surface area contributed by atoms with Gasteiger partial charge in [0.05, 0.1) is 13.0 Å². The molecule has 0 amide bonds. The Kier molecular flexibility index (Phi) is 5.66. The van der Waals surface area contributed by atoms with Crippen molar-refractivity contribution in [3.8, 4) is 5.75 Å². The van der Waals surface area contributed by atoms with Crippen LogP contribution < -0.4 is 10.1 Å². The molecule has 1 rings (SSSR count). The van der Waals surface area contributed by atoms with Crippen LogP contribution in [0, 0.1) is 13.8 Å². The largest absolute Gasteiger partial charge is 0.493 e. The van der Waals surface area contributed by atoms with Gasteiger partial charge in [0, 0.05) is 6.54 Å². The lowest BCUT2D eigenvalue weighted by atomic mass is 10.1. The van der Waals surface area contributed by atoms with E-state index < -0.39 is 12.6 Å². The van der Waals surface area contributed by atoms with E-state index in [9.17, 15) is 13.2 Å². The number of hydrogen-bond donors (Lipinski definition) is 1. The van der Waals surface area contributed by atoms with E-state index in [1.54, 1.807) is 0 Å². The first-order valence-electron chi connectivity index (χ1n) is 6.34. The lowest BCUT2D eigenvalue weighted by molar-refractivity contribution is -0.139. The Bertz CT molecular complexity index is 393. The molecule has 1 N–H and O–H groups in total. The van der Waals surface area contributed by atoms with Gasteiger partial charge in [-0.1, -0.05) is 19.1 Å². The summed E-state index contributed by atoms with van der Waals surface area (Å²) in [4.78, 5) is 0. The summed E-state index contributed by atoms with van der Waals surface area (Å²) < 4.78 is 41.5. The number of rotatable bonds is 6. The number of halogens is 3. The van der Waals surface area contributed by atoms with Crippen LogP contribution >= 0.6 is 0 Å². The summed E-state index contributed by atoms with van der Waals surface area (Å²) in [6.07, 6.45) is -5.10. The quantitative estimate of drug-likeness (QED) is 0.854. The molecule has 2 nitrogen and oxygen atoms in total. The number of benzene rings is 1. The molecule has 0 radical (unpaired) electrons. The van der Waals surface area contributed by atoms with Crippen molar-refractivity contribution in [1.82, 2.24) is 5.32 Å². The minimum Gasteiger partial charge on any atom is -0.493 e. The SMILES string of the molecule is CCNCc1cc(C)c(OCCC(F)(F)F)c(C)c1. The van der Waals surface area contributed by atoms with E-state index >= 15 is 0 Å². The second-order valence-corrected chi connectivity index (χ2v) is 4.55. The lowest BCUT2D eigenvalue weighted by Crippen LogP contribution is -2.14. The maximum absolute atomic E-state index is 12.1. The predicted octanol–water partition coefficient (Wildman–Crippen LogP) is 3.74. The van der Waals surface area contributed by atoms with Gasteiger partial charge in [0.1, 0.15) is 5.75 Å². The fourth-order valence-electron chi connectivity index (χ4n) is 1.91. The van der Waals surface area contributed by atoms with Crippen molar-refractivity contribution < 1.29 is 17.9 Å². The number of alkyl halides is 3. The van der Waals surface area contributed by atoms with E-state index in [1.165, 1.54) is 0 Å². The minimum atomic E-state index is -4.17.